The largest absolute Gasteiger partial charge is 0.458 e. The third kappa shape index (κ3) is 4.70. The number of carbonyl (C=O) groups excluding carboxylic acids is 1. The van der Waals surface area contributed by atoms with Crippen LogP contribution in [0.3, 0.4) is 0 Å². The predicted molar refractivity (Wildman–Crippen MR) is 117 cm³/mol. The van der Waals surface area contributed by atoms with Crippen molar-refractivity contribution in [1.29, 1.82) is 0 Å². The van der Waals surface area contributed by atoms with Gasteiger partial charge in [-0.1, -0.05) is 23.7 Å². The van der Waals surface area contributed by atoms with Crippen molar-refractivity contribution < 1.29 is 28.3 Å². The third-order valence-electron chi connectivity index (χ3n) is 4.94. The van der Waals surface area contributed by atoms with Gasteiger partial charge in [-0.05, 0) is 49.2 Å². The lowest BCUT2D eigenvalue weighted by molar-refractivity contribution is -0.150. The Morgan fingerprint density at radius 1 is 1.12 bits per heavy atom. The van der Waals surface area contributed by atoms with E-state index in [4.69, 9.17) is 35.1 Å². The number of hydrogen-bond acceptors (Lipinski definition) is 8. The Morgan fingerprint density at radius 3 is 2.75 bits per heavy atom. The molecule has 1 aliphatic heterocycles. The summed E-state index contributed by atoms with van der Waals surface area (Å²) in [5.74, 6) is 0.660. The van der Waals surface area contributed by atoms with Gasteiger partial charge in [0.1, 0.15) is 12.2 Å². The molecule has 8 nitrogen and oxygen atoms in total. The molecular formula is C23H20ClNO7. The Bertz CT molecular complexity index is 1270. The van der Waals surface area contributed by atoms with Crippen molar-refractivity contribution in [3.8, 4) is 11.5 Å². The van der Waals surface area contributed by atoms with Gasteiger partial charge in [-0.3, -0.25) is 0 Å². The first-order chi connectivity index (χ1) is 15.4. The summed E-state index contributed by atoms with van der Waals surface area (Å²) in [7, 11) is 0. The average Bonchev–Trinajstić information content (AvgIpc) is 3.25. The van der Waals surface area contributed by atoms with Crippen LogP contribution in [0.4, 0.5) is 0 Å². The summed E-state index contributed by atoms with van der Waals surface area (Å²) < 4.78 is 21.1. The van der Waals surface area contributed by atoms with Gasteiger partial charge in [-0.15, -0.1) is 0 Å². The Hall–Kier alpha value is -3.52. The number of hydrogen-bond donors (Lipinski definition) is 0. The summed E-state index contributed by atoms with van der Waals surface area (Å²) in [5.41, 5.74) is 2.55. The molecule has 166 valence electrons. The molecule has 3 aromatic rings. The molecule has 0 aliphatic carbocycles. The van der Waals surface area contributed by atoms with Gasteiger partial charge in [0.25, 0.3) is 0 Å². The minimum absolute atomic E-state index is 0.128. The molecule has 4 rings (SSSR count). The Morgan fingerprint density at radius 2 is 1.94 bits per heavy atom. The minimum Gasteiger partial charge on any atom is -0.458 e. The van der Waals surface area contributed by atoms with E-state index < -0.39 is 11.6 Å². The molecule has 32 heavy (non-hydrogen) atoms. The van der Waals surface area contributed by atoms with Crippen LogP contribution in [0.2, 0.25) is 5.02 Å². The molecule has 0 fully saturated rings. The summed E-state index contributed by atoms with van der Waals surface area (Å²) in [6, 6.07) is 10.1. The van der Waals surface area contributed by atoms with E-state index in [9.17, 15) is 9.59 Å². The van der Waals surface area contributed by atoms with Gasteiger partial charge in [0.15, 0.2) is 11.5 Å². The number of ether oxygens (including phenoxy) is 3. The maximum Gasteiger partial charge on any atom is 0.347 e. The first-order valence-corrected chi connectivity index (χ1v) is 10.3. The van der Waals surface area contributed by atoms with Crippen LogP contribution in [0.1, 0.15) is 30.5 Å². The van der Waals surface area contributed by atoms with E-state index in [-0.39, 0.29) is 20.0 Å². The molecule has 0 unspecified atom stereocenters. The first kappa shape index (κ1) is 21.7. The number of aryl methyl sites for hydroxylation is 1. The molecule has 0 radical (unpaired) electrons. The SMILES string of the molecule is CCc1cc2oc(=O)cc(COC(=O)CO/N=C(\C)c3ccc4c(c3)OCO4)c2cc1Cl. The van der Waals surface area contributed by atoms with Crippen LogP contribution in [0.5, 0.6) is 11.5 Å². The second kappa shape index (κ2) is 9.32. The lowest BCUT2D eigenvalue weighted by Gasteiger charge is -2.09. The number of carbonyl (C=O) groups is 1. The number of oxime groups is 1. The van der Waals surface area contributed by atoms with Crippen LogP contribution in [-0.4, -0.2) is 25.1 Å². The highest BCUT2D eigenvalue weighted by Crippen LogP contribution is 2.32. The lowest BCUT2D eigenvalue weighted by Crippen LogP contribution is -2.12. The third-order valence-corrected chi connectivity index (χ3v) is 5.29. The molecule has 1 aliphatic rings. The molecule has 2 aromatic carbocycles. The zero-order valence-electron chi connectivity index (χ0n) is 17.5. The standard InChI is InChI=1S/C23H20ClNO7/c1-3-14-6-20-17(9-18(14)24)16(8-22(26)32-20)10-28-23(27)11-31-25-13(2)15-4-5-19-21(7-15)30-12-29-19/h4-9H,3,10-12H2,1-2H3/b25-13+. The van der Waals surface area contributed by atoms with Crippen molar-refractivity contribution in [2.45, 2.75) is 26.9 Å². The van der Waals surface area contributed by atoms with Gasteiger partial charge in [0.05, 0.1) is 5.71 Å². The normalized spacial score (nSPS) is 12.8. The molecule has 0 spiro atoms. The van der Waals surface area contributed by atoms with E-state index in [0.29, 0.717) is 45.2 Å². The molecule has 0 N–H and O–H groups in total. The Kier molecular flexibility index (Phi) is 6.32. The summed E-state index contributed by atoms with van der Waals surface area (Å²) in [4.78, 5) is 29.1. The van der Waals surface area contributed by atoms with Gasteiger partial charge in [0, 0.05) is 27.6 Å². The van der Waals surface area contributed by atoms with Crippen LogP contribution in [0, 0.1) is 0 Å². The van der Waals surface area contributed by atoms with Crippen LogP contribution in [0.15, 0.2) is 50.8 Å². The van der Waals surface area contributed by atoms with Crippen LogP contribution < -0.4 is 15.1 Å². The Balaban J connectivity index is 1.38. The van der Waals surface area contributed by atoms with Crippen molar-refractivity contribution in [2.75, 3.05) is 13.4 Å². The quantitative estimate of drug-likeness (QED) is 0.227. The number of esters is 1. The highest BCUT2D eigenvalue weighted by molar-refractivity contribution is 6.32. The van der Waals surface area contributed by atoms with Crippen LogP contribution in [-0.2, 0) is 27.4 Å². The zero-order chi connectivity index (χ0) is 22.7. The minimum atomic E-state index is -0.634. The highest BCUT2D eigenvalue weighted by Gasteiger charge is 2.15. The van der Waals surface area contributed by atoms with E-state index in [1.165, 1.54) is 6.07 Å². The lowest BCUT2D eigenvalue weighted by atomic mass is 10.1. The van der Waals surface area contributed by atoms with Crippen molar-refractivity contribution in [1.82, 2.24) is 0 Å². The molecule has 1 aromatic heterocycles. The topological polar surface area (TPSA) is 96.6 Å². The van der Waals surface area contributed by atoms with E-state index in [2.05, 4.69) is 5.16 Å². The van der Waals surface area contributed by atoms with Crippen molar-refractivity contribution in [3.63, 3.8) is 0 Å². The monoisotopic (exact) mass is 457 g/mol. The fourth-order valence-corrected chi connectivity index (χ4v) is 3.53. The van der Waals surface area contributed by atoms with E-state index >= 15 is 0 Å². The number of halogens is 1. The summed E-state index contributed by atoms with van der Waals surface area (Å²) in [6.07, 6.45) is 0.696. The van der Waals surface area contributed by atoms with Crippen molar-refractivity contribution in [3.05, 3.63) is 68.5 Å². The van der Waals surface area contributed by atoms with Gasteiger partial charge < -0.3 is 23.5 Å². The van der Waals surface area contributed by atoms with Gasteiger partial charge in [-0.2, -0.15) is 0 Å². The van der Waals surface area contributed by atoms with Gasteiger partial charge >= 0.3 is 11.6 Å². The molecule has 0 amide bonds. The fourth-order valence-electron chi connectivity index (χ4n) is 3.24. The van der Waals surface area contributed by atoms with E-state index in [1.807, 2.05) is 13.0 Å². The number of benzene rings is 2. The highest BCUT2D eigenvalue weighted by atomic mass is 35.5. The smallest absolute Gasteiger partial charge is 0.347 e. The summed E-state index contributed by atoms with van der Waals surface area (Å²) in [6.45, 7) is 3.36. The van der Waals surface area contributed by atoms with E-state index in [0.717, 1.165) is 11.1 Å². The van der Waals surface area contributed by atoms with Crippen LogP contribution >= 0.6 is 11.6 Å². The molecule has 0 saturated carbocycles. The van der Waals surface area contributed by atoms with Gasteiger partial charge in [0.2, 0.25) is 13.4 Å². The number of nitrogens with zero attached hydrogens (tertiary/aromatic N) is 1. The summed E-state index contributed by atoms with van der Waals surface area (Å²) in [5, 5.41) is 5.11. The van der Waals surface area contributed by atoms with Crippen molar-refractivity contribution in [2.24, 2.45) is 5.16 Å². The average molecular weight is 458 g/mol. The molecule has 9 heteroatoms. The zero-order valence-corrected chi connectivity index (χ0v) is 18.2. The molecule has 0 saturated heterocycles. The predicted octanol–water partition coefficient (Wildman–Crippen LogP) is 4.22. The maximum absolute atomic E-state index is 12.1. The maximum atomic E-state index is 12.1. The Labute approximate surface area is 188 Å². The molecule has 0 atom stereocenters. The number of rotatable bonds is 7. The number of fused-ring (bicyclic) bond motifs is 2. The van der Waals surface area contributed by atoms with Crippen LogP contribution in [0.25, 0.3) is 11.0 Å². The van der Waals surface area contributed by atoms with Crippen molar-refractivity contribution >= 4 is 34.3 Å². The van der Waals surface area contributed by atoms with E-state index in [1.54, 1.807) is 31.2 Å². The second-order valence-corrected chi connectivity index (χ2v) is 7.47. The molecule has 2 heterocycles. The molecule has 0 bridgehead atoms. The first-order valence-electron chi connectivity index (χ1n) is 9.92. The molecular weight excluding hydrogens is 438 g/mol. The van der Waals surface area contributed by atoms with Gasteiger partial charge in [-0.25, -0.2) is 9.59 Å². The summed E-state index contributed by atoms with van der Waals surface area (Å²) >= 11 is 6.28. The fraction of sp³-hybridized carbons (Fsp3) is 0.261. The second-order valence-electron chi connectivity index (χ2n) is 7.06.